The molecule has 65 heavy (non-hydrogen) atoms. The van der Waals surface area contributed by atoms with Gasteiger partial charge in [0.05, 0.1) is 10.0 Å². The highest BCUT2D eigenvalue weighted by Crippen LogP contribution is 2.35. The third kappa shape index (κ3) is 15.4. The van der Waals surface area contributed by atoms with Gasteiger partial charge in [-0.3, -0.25) is 29.1 Å². The fraction of sp³-hybridized carbons (Fsp3) is 0.0500. The van der Waals surface area contributed by atoms with Crippen molar-refractivity contribution in [2.24, 2.45) is 11.5 Å². The molecule has 6 rings (SSSR count). The highest BCUT2D eigenvalue weighted by Gasteiger charge is 2.32. The van der Waals surface area contributed by atoms with E-state index >= 15 is 0 Å². The van der Waals surface area contributed by atoms with E-state index < -0.39 is 69.9 Å². The lowest BCUT2D eigenvalue weighted by atomic mass is 10.1. The van der Waals surface area contributed by atoms with Crippen molar-refractivity contribution < 1.29 is 73.2 Å². The molecule has 0 spiro atoms. The van der Waals surface area contributed by atoms with E-state index in [2.05, 4.69) is 24.8 Å². The number of carbonyl (C=O) groups excluding carboxylic acids is 4. The zero-order valence-electron chi connectivity index (χ0n) is 31.9. The Bertz CT molecular complexity index is 2700. The summed E-state index contributed by atoms with van der Waals surface area (Å²) in [6.45, 7) is 0. The molecule has 0 bridgehead atoms. The first-order chi connectivity index (χ1) is 30.4. The molecule has 7 N–H and O–H groups in total. The molecule has 0 fully saturated rings. The summed E-state index contributed by atoms with van der Waals surface area (Å²) in [5, 5.41) is 0.549. The number of hydrogen-bond acceptors (Lipinski definition) is 11. The molecule has 0 saturated carbocycles. The van der Waals surface area contributed by atoms with Crippen LogP contribution in [-0.4, -0.2) is 45.7 Å². The van der Waals surface area contributed by atoms with Crippen molar-refractivity contribution >= 4 is 69.1 Å². The maximum absolute atomic E-state index is 14.7. The lowest BCUT2D eigenvalue weighted by Crippen LogP contribution is -2.17. The Hall–Kier alpha value is -7.43. The number of nitrogen functional groups attached to an aromatic ring is 1. The molecule has 0 saturated heterocycles. The number of ether oxygens (including phenoxy) is 4. The van der Waals surface area contributed by atoms with Gasteiger partial charge in [-0.15, -0.1) is 26.3 Å². The summed E-state index contributed by atoms with van der Waals surface area (Å²) < 4.78 is 120. The van der Waals surface area contributed by atoms with Crippen molar-refractivity contribution in [2.75, 3.05) is 11.1 Å². The van der Waals surface area contributed by atoms with Crippen molar-refractivity contribution in [1.82, 2.24) is 9.97 Å². The monoisotopic (exact) mass is 974 g/mol. The summed E-state index contributed by atoms with van der Waals surface area (Å²) in [5.41, 5.74) is 14.9. The Morgan fingerprint density at radius 1 is 0.569 bits per heavy atom. The number of pyridine rings is 2. The number of amides is 3. The second-order valence-electron chi connectivity index (χ2n) is 12.1. The van der Waals surface area contributed by atoms with Gasteiger partial charge in [-0.1, -0.05) is 23.2 Å². The molecule has 6 aromatic rings. The molecule has 2 aromatic heterocycles. The van der Waals surface area contributed by atoms with Crippen LogP contribution in [0.4, 0.5) is 46.5 Å². The third-order valence-electron chi connectivity index (χ3n) is 7.41. The van der Waals surface area contributed by atoms with Crippen molar-refractivity contribution in [3.05, 3.63) is 154 Å². The number of nitrogens with one attached hydrogen (secondary N) is 1. The van der Waals surface area contributed by atoms with Crippen LogP contribution in [0.3, 0.4) is 0 Å². The van der Waals surface area contributed by atoms with E-state index in [0.717, 1.165) is 60.7 Å². The molecular formula is C40H25Cl3F8N6O8. The van der Waals surface area contributed by atoms with Crippen LogP contribution >= 0.6 is 34.8 Å². The molecule has 14 nitrogen and oxygen atoms in total. The van der Waals surface area contributed by atoms with Gasteiger partial charge in [0.25, 0.3) is 23.0 Å². The van der Waals surface area contributed by atoms with E-state index in [9.17, 15) is 54.3 Å². The molecule has 0 aliphatic carbocycles. The standard InChI is InChI=1S/C20H12ClF4N3O4.C14H6Cl2F4O3.C6H7N3O/c21-13-5-6-15(31-11-1-3-12(4-2-11)32-20(23,24)25)16(17(13)22)19(30)28-10-7-8-27-14(9-10)18(26)29;15-9-5-6-10(11(12(9)17)13(16)21)22-7-1-3-8(4-2-7)23-14(18,19)20;7-4-1-2-9-5(3-4)6(8)10/h1-9H,(H2,26,29)(H,27,28,30);1-6H;1-3H,(H2,7,9)(H2,8,10). The Balaban J connectivity index is 0.000000243. The van der Waals surface area contributed by atoms with Crippen LogP contribution in [0.1, 0.15) is 41.7 Å². The highest BCUT2D eigenvalue weighted by atomic mass is 35.5. The normalized spacial score (nSPS) is 10.8. The van der Waals surface area contributed by atoms with Crippen LogP contribution in [0.15, 0.2) is 109 Å². The van der Waals surface area contributed by atoms with Gasteiger partial charge in [-0.2, -0.15) is 0 Å². The number of alkyl halides is 6. The number of nitrogens with zero attached hydrogens (tertiary/aromatic N) is 2. The Kier molecular flexibility index (Phi) is 16.8. The number of primary amides is 2. The lowest BCUT2D eigenvalue weighted by molar-refractivity contribution is -0.275. The SMILES string of the molecule is NC(=O)c1cc(N)ccn1.NC(=O)c1cc(NC(=O)c2c(Oc3ccc(OC(F)(F)F)cc3)ccc(Cl)c2F)ccn1.O=C(Cl)c1c(Oc2ccc(OC(F)(F)F)cc2)ccc(Cl)c1F. The molecule has 0 unspecified atom stereocenters. The Morgan fingerprint density at radius 3 is 1.37 bits per heavy atom. The first kappa shape index (κ1) is 50.2. The third-order valence-corrected chi connectivity index (χ3v) is 8.19. The first-order valence-corrected chi connectivity index (χ1v) is 18.4. The predicted octanol–water partition coefficient (Wildman–Crippen LogP) is 10.2. The summed E-state index contributed by atoms with van der Waals surface area (Å²) in [4.78, 5) is 53.1. The molecule has 0 atom stereocenters. The number of rotatable bonds is 11. The first-order valence-electron chi connectivity index (χ1n) is 17.2. The summed E-state index contributed by atoms with van der Waals surface area (Å²) >= 11 is 16.6. The minimum Gasteiger partial charge on any atom is -0.456 e. The van der Waals surface area contributed by atoms with Gasteiger partial charge in [0.1, 0.15) is 57.0 Å². The van der Waals surface area contributed by atoms with E-state index in [1.165, 1.54) is 42.7 Å². The zero-order chi connectivity index (χ0) is 48.2. The Labute approximate surface area is 374 Å². The van der Waals surface area contributed by atoms with Gasteiger partial charge in [0, 0.05) is 23.8 Å². The number of aromatic nitrogens is 2. The second kappa shape index (κ2) is 21.8. The quantitative estimate of drug-likeness (QED) is 0.0706. The number of anilines is 2. The van der Waals surface area contributed by atoms with Gasteiger partial charge in [-0.05, 0) is 109 Å². The molecule has 340 valence electrons. The number of benzene rings is 4. The second-order valence-corrected chi connectivity index (χ2v) is 13.2. The van der Waals surface area contributed by atoms with E-state index in [0.29, 0.717) is 5.69 Å². The summed E-state index contributed by atoms with van der Waals surface area (Å²) in [5.74, 6) is -5.93. The van der Waals surface area contributed by atoms with Crippen LogP contribution < -0.4 is 41.5 Å². The van der Waals surface area contributed by atoms with Gasteiger partial charge >= 0.3 is 12.7 Å². The van der Waals surface area contributed by atoms with Gasteiger partial charge in [-0.25, -0.2) is 8.78 Å². The van der Waals surface area contributed by atoms with E-state index in [-0.39, 0.29) is 50.1 Å². The maximum Gasteiger partial charge on any atom is 0.573 e. The largest absolute Gasteiger partial charge is 0.573 e. The molecule has 2 heterocycles. The minimum absolute atomic E-state index is 0.00442. The van der Waals surface area contributed by atoms with Crippen LogP contribution in [0.25, 0.3) is 0 Å². The zero-order valence-corrected chi connectivity index (χ0v) is 34.2. The van der Waals surface area contributed by atoms with Crippen LogP contribution in [0.5, 0.6) is 34.5 Å². The van der Waals surface area contributed by atoms with Gasteiger partial charge in [0.2, 0.25) is 0 Å². The summed E-state index contributed by atoms with van der Waals surface area (Å²) in [6.07, 6.45) is -7.03. The van der Waals surface area contributed by atoms with Crippen molar-refractivity contribution in [2.45, 2.75) is 12.7 Å². The van der Waals surface area contributed by atoms with Crippen LogP contribution in [0.2, 0.25) is 10.0 Å². The summed E-state index contributed by atoms with van der Waals surface area (Å²) in [7, 11) is 0. The average molecular weight is 976 g/mol. The van der Waals surface area contributed by atoms with E-state index in [1.807, 2.05) is 0 Å². The molecule has 4 aromatic carbocycles. The number of hydrogen-bond donors (Lipinski definition) is 4. The number of nitrogens with two attached hydrogens (primary N) is 3. The minimum atomic E-state index is -4.87. The fourth-order valence-electron chi connectivity index (χ4n) is 4.72. The Morgan fingerprint density at radius 2 is 0.969 bits per heavy atom. The summed E-state index contributed by atoms with van der Waals surface area (Å²) in [6, 6.07) is 18.8. The van der Waals surface area contributed by atoms with Gasteiger partial charge < -0.3 is 41.5 Å². The van der Waals surface area contributed by atoms with Gasteiger partial charge in [0.15, 0.2) is 11.6 Å². The molecule has 25 heteroatoms. The smallest absolute Gasteiger partial charge is 0.456 e. The number of halogens is 11. The van der Waals surface area contributed by atoms with E-state index in [1.54, 1.807) is 6.07 Å². The van der Waals surface area contributed by atoms with Crippen LogP contribution in [0, 0.1) is 11.6 Å². The molecular weight excluding hydrogens is 951 g/mol. The van der Waals surface area contributed by atoms with Crippen molar-refractivity contribution in [3.8, 4) is 34.5 Å². The van der Waals surface area contributed by atoms with E-state index in [4.69, 9.17) is 61.5 Å². The highest BCUT2D eigenvalue weighted by molar-refractivity contribution is 6.68. The molecule has 0 radical (unpaired) electrons. The van der Waals surface area contributed by atoms with Crippen molar-refractivity contribution in [3.63, 3.8) is 0 Å². The fourth-order valence-corrected chi connectivity index (χ4v) is 5.21. The molecule has 0 aliphatic rings. The molecule has 0 aliphatic heterocycles. The lowest BCUT2D eigenvalue weighted by Gasteiger charge is -2.14. The van der Waals surface area contributed by atoms with Crippen molar-refractivity contribution in [1.29, 1.82) is 0 Å². The topological polar surface area (TPSA) is 221 Å². The molecule has 3 amide bonds. The number of carbonyl (C=O) groups is 4. The average Bonchev–Trinajstić information content (AvgIpc) is 3.21. The van der Waals surface area contributed by atoms with Crippen LogP contribution in [-0.2, 0) is 0 Å². The maximum atomic E-state index is 14.7. The predicted molar refractivity (Wildman–Crippen MR) is 217 cm³/mol.